The molecule has 1 aliphatic rings. The summed E-state index contributed by atoms with van der Waals surface area (Å²) in [4.78, 5) is 11.5. The van der Waals surface area contributed by atoms with Crippen LogP contribution in [0, 0.1) is 6.92 Å². The predicted molar refractivity (Wildman–Crippen MR) is 103 cm³/mol. The molecule has 0 bridgehead atoms. The largest absolute Gasteiger partial charge is 0.423 e. The highest BCUT2D eigenvalue weighted by Gasteiger charge is 2.06. The Bertz CT molecular complexity index is 839. The van der Waals surface area contributed by atoms with Crippen molar-refractivity contribution in [1.82, 2.24) is 5.32 Å². The Labute approximate surface area is 146 Å². The molecule has 0 radical (unpaired) electrons. The first-order chi connectivity index (χ1) is 11.6. The molecular formula is C19H22N2O2S. The number of hydrogen-bond acceptors (Lipinski definition) is 3. The van der Waals surface area contributed by atoms with E-state index < -0.39 is 0 Å². The normalized spacial score (nSPS) is 14.3. The zero-order chi connectivity index (χ0) is 16.9. The third-order valence-electron chi connectivity index (χ3n) is 4.33. The molecule has 1 aliphatic carbocycles. The molecule has 3 rings (SSSR count). The highest BCUT2D eigenvalue weighted by atomic mass is 32.1. The fraction of sp³-hybridized carbons (Fsp3) is 0.368. The zero-order valence-corrected chi connectivity index (χ0v) is 14.7. The Morgan fingerprint density at radius 1 is 1.29 bits per heavy atom. The third kappa shape index (κ3) is 4.23. The second-order valence-electron chi connectivity index (χ2n) is 6.20. The van der Waals surface area contributed by atoms with Crippen molar-refractivity contribution in [2.24, 2.45) is 0 Å². The van der Waals surface area contributed by atoms with Crippen LogP contribution in [-0.2, 0) is 0 Å². The van der Waals surface area contributed by atoms with E-state index in [0.717, 1.165) is 29.6 Å². The second kappa shape index (κ2) is 7.62. The van der Waals surface area contributed by atoms with Crippen LogP contribution in [0.15, 0.2) is 45.1 Å². The van der Waals surface area contributed by atoms with Gasteiger partial charge in [-0.1, -0.05) is 11.6 Å². The molecule has 0 amide bonds. The number of allylic oxidation sites excluding steroid dienone is 1. The summed E-state index contributed by atoms with van der Waals surface area (Å²) in [5.74, 6) is 0. The van der Waals surface area contributed by atoms with Crippen LogP contribution in [0.3, 0.4) is 0 Å². The number of thiocarbonyl (C=S) groups is 1. The predicted octanol–water partition coefficient (Wildman–Crippen LogP) is 4.28. The molecule has 1 heterocycles. The molecule has 126 valence electrons. The molecule has 1 aromatic heterocycles. The second-order valence-corrected chi connectivity index (χ2v) is 6.61. The molecule has 2 aromatic rings. The van der Waals surface area contributed by atoms with E-state index >= 15 is 0 Å². The molecule has 24 heavy (non-hydrogen) atoms. The first-order valence-electron chi connectivity index (χ1n) is 8.39. The molecule has 1 aromatic carbocycles. The van der Waals surface area contributed by atoms with E-state index in [4.69, 9.17) is 16.6 Å². The first kappa shape index (κ1) is 16.7. The lowest BCUT2D eigenvalue weighted by Gasteiger charge is -2.14. The molecule has 2 N–H and O–H groups in total. The van der Waals surface area contributed by atoms with Gasteiger partial charge in [-0.15, -0.1) is 0 Å². The van der Waals surface area contributed by atoms with Crippen LogP contribution < -0.4 is 16.3 Å². The van der Waals surface area contributed by atoms with Gasteiger partial charge in [0.1, 0.15) is 5.58 Å². The van der Waals surface area contributed by atoms with E-state index in [1.807, 2.05) is 19.1 Å². The lowest BCUT2D eigenvalue weighted by atomic mass is 9.97. The van der Waals surface area contributed by atoms with Crippen molar-refractivity contribution < 1.29 is 4.42 Å². The average Bonchev–Trinajstić information content (AvgIpc) is 2.55. The van der Waals surface area contributed by atoms with Gasteiger partial charge in [-0.05, 0) is 68.9 Å². The van der Waals surface area contributed by atoms with Crippen molar-refractivity contribution in [2.75, 3.05) is 11.9 Å². The van der Waals surface area contributed by atoms with Crippen LogP contribution in [0.5, 0.6) is 0 Å². The van der Waals surface area contributed by atoms with Gasteiger partial charge in [0, 0.05) is 29.8 Å². The van der Waals surface area contributed by atoms with Gasteiger partial charge in [0.05, 0.1) is 0 Å². The van der Waals surface area contributed by atoms with Crippen molar-refractivity contribution in [1.29, 1.82) is 0 Å². The summed E-state index contributed by atoms with van der Waals surface area (Å²) >= 11 is 5.34. The lowest BCUT2D eigenvalue weighted by molar-refractivity contribution is 0.560. The van der Waals surface area contributed by atoms with Crippen molar-refractivity contribution in [3.8, 4) is 0 Å². The van der Waals surface area contributed by atoms with E-state index in [1.165, 1.54) is 37.3 Å². The van der Waals surface area contributed by atoms with Gasteiger partial charge in [0.15, 0.2) is 5.11 Å². The summed E-state index contributed by atoms with van der Waals surface area (Å²) in [6.45, 7) is 2.73. The number of fused-ring (bicyclic) bond motifs is 1. The van der Waals surface area contributed by atoms with Crippen LogP contribution in [-0.4, -0.2) is 11.7 Å². The van der Waals surface area contributed by atoms with Crippen molar-refractivity contribution >= 4 is 34.0 Å². The molecule has 0 spiro atoms. The minimum Gasteiger partial charge on any atom is -0.423 e. The van der Waals surface area contributed by atoms with E-state index in [9.17, 15) is 4.79 Å². The quantitative estimate of drug-likeness (QED) is 0.493. The number of rotatable bonds is 4. The first-order valence-corrected chi connectivity index (χ1v) is 8.80. The molecule has 0 unspecified atom stereocenters. The smallest absolute Gasteiger partial charge is 0.336 e. The van der Waals surface area contributed by atoms with E-state index in [-0.39, 0.29) is 5.63 Å². The van der Waals surface area contributed by atoms with Gasteiger partial charge in [0.2, 0.25) is 0 Å². The van der Waals surface area contributed by atoms with Crippen LogP contribution in [0.1, 0.15) is 37.7 Å². The Morgan fingerprint density at radius 3 is 2.96 bits per heavy atom. The Morgan fingerprint density at radius 2 is 2.17 bits per heavy atom. The maximum Gasteiger partial charge on any atom is 0.336 e. The van der Waals surface area contributed by atoms with Gasteiger partial charge in [-0.3, -0.25) is 0 Å². The zero-order valence-electron chi connectivity index (χ0n) is 13.9. The van der Waals surface area contributed by atoms with Gasteiger partial charge < -0.3 is 15.1 Å². The van der Waals surface area contributed by atoms with Crippen LogP contribution in [0.2, 0.25) is 0 Å². The Balaban J connectivity index is 1.59. The van der Waals surface area contributed by atoms with Crippen molar-refractivity contribution in [3.05, 3.63) is 51.9 Å². The molecule has 4 nitrogen and oxygen atoms in total. The molecule has 0 aliphatic heterocycles. The fourth-order valence-electron chi connectivity index (χ4n) is 3.05. The maximum atomic E-state index is 11.5. The highest BCUT2D eigenvalue weighted by Crippen LogP contribution is 2.21. The number of anilines is 1. The van der Waals surface area contributed by atoms with E-state index in [0.29, 0.717) is 10.7 Å². The Kier molecular flexibility index (Phi) is 5.30. The molecule has 5 heteroatoms. The fourth-order valence-corrected chi connectivity index (χ4v) is 3.27. The van der Waals surface area contributed by atoms with Crippen LogP contribution in [0.25, 0.3) is 11.0 Å². The highest BCUT2D eigenvalue weighted by molar-refractivity contribution is 7.80. The van der Waals surface area contributed by atoms with Crippen molar-refractivity contribution in [2.45, 2.75) is 39.0 Å². The third-order valence-corrected chi connectivity index (χ3v) is 4.57. The summed E-state index contributed by atoms with van der Waals surface area (Å²) in [6.07, 6.45) is 8.43. The minimum absolute atomic E-state index is 0.335. The minimum atomic E-state index is -0.335. The monoisotopic (exact) mass is 342 g/mol. The van der Waals surface area contributed by atoms with Crippen LogP contribution in [0.4, 0.5) is 5.69 Å². The number of benzene rings is 1. The molecule has 0 fully saturated rings. The maximum absolute atomic E-state index is 11.5. The Hall–Kier alpha value is -2.14. The molecule has 0 saturated heterocycles. The van der Waals surface area contributed by atoms with Gasteiger partial charge in [-0.2, -0.15) is 0 Å². The van der Waals surface area contributed by atoms with Gasteiger partial charge in [0.25, 0.3) is 0 Å². The average molecular weight is 342 g/mol. The van der Waals surface area contributed by atoms with Gasteiger partial charge >= 0.3 is 5.63 Å². The lowest BCUT2D eigenvalue weighted by Crippen LogP contribution is -2.29. The van der Waals surface area contributed by atoms with Crippen LogP contribution >= 0.6 is 12.2 Å². The summed E-state index contributed by atoms with van der Waals surface area (Å²) in [5.41, 5.74) is 3.48. The molecule has 0 saturated carbocycles. The van der Waals surface area contributed by atoms with Crippen molar-refractivity contribution in [3.63, 3.8) is 0 Å². The topological polar surface area (TPSA) is 54.3 Å². The van der Waals surface area contributed by atoms with Gasteiger partial charge in [-0.25, -0.2) is 4.79 Å². The van der Waals surface area contributed by atoms with E-state index in [2.05, 4.69) is 16.7 Å². The molecule has 0 atom stereocenters. The standard InChI is InChI=1S/C19H22N2O2S/c1-13-11-18(22)23-17-12-15(7-8-16(13)17)21-19(24)20-10-9-14-5-3-2-4-6-14/h5,7-8,11-12H,2-4,6,9-10H2,1H3,(H2,20,21,24). The number of aryl methyl sites for hydroxylation is 1. The van der Waals surface area contributed by atoms with E-state index in [1.54, 1.807) is 6.07 Å². The summed E-state index contributed by atoms with van der Waals surface area (Å²) in [6, 6.07) is 7.18. The molecular weight excluding hydrogens is 320 g/mol. The SMILES string of the molecule is Cc1cc(=O)oc2cc(NC(=S)NCCC3=CCCCC3)ccc12. The summed E-state index contributed by atoms with van der Waals surface area (Å²) < 4.78 is 5.26. The number of nitrogens with one attached hydrogen (secondary N) is 2. The summed E-state index contributed by atoms with van der Waals surface area (Å²) in [5, 5.41) is 7.90. The summed E-state index contributed by atoms with van der Waals surface area (Å²) in [7, 11) is 0. The number of hydrogen-bond donors (Lipinski definition) is 2.